The number of aromatic nitrogens is 3. The number of aryl methyl sites for hydroxylation is 1. The molecule has 1 saturated heterocycles. The van der Waals surface area contributed by atoms with Gasteiger partial charge < -0.3 is 4.74 Å². The minimum absolute atomic E-state index is 0.129. The summed E-state index contributed by atoms with van der Waals surface area (Å²) in [6.07, 6.45) is 1.75. The van der Waals surface area contributed by atoms with Gasteiger partial charge >= 0.3 is 0 Å². The van der Waals surface area contributed by atoms with Gasteiger partial charge in [0.15, 0.2) is 5.65 Å². The van der Waals surface area contributed by atoms with E-state index in [1.54, 1.807) is 0 Å². The van der Waals surface area contributed by atoms with Gasteiger partial charge in [0.1, 0.15) is 17.5 Å². The summed E-state index contributed by atoms with van der Waals surface area (Å²) in [6.45, 7) is 4.56. The largest absolute Gasteiger partial charge is 0.378 e. The van der Waals surface area contributed by atoms with E-state index < -0.39 is 11.6 Å². The molecule has 2 atom stereocenters. The number of hydrogen-bond donors (Lipinski definition) is 0. The van der Waals surface area contributed by atoms with E-state index >= 15 is 0 Å². The van der Waals surface area contributed by atoms with Crippen molar-refractivity contribution in [2.45, 2.75) is 38.7 Å². The molecule has 0 saturated carbocycles. The van der Waals surface area contributed by atoms with Gasteiger partial charge in [0, 0.05) is 35.2 Å². The number of halogens is 2. The highest BCUT2D eigenvalue weighted by molar-refractivity contribution is 5.90. The van der Waals surface area contributed by atoms with E-state index in [4.69, 9.17) is 4.74 Å². The highest BCUT2D eigenvalue weighted by Gasteiger charge is 2.25. The van der Waals surface area contributed by atoms with Crippen LogP contribution in [-0.4, -0.2) is 27.7 Å². The van der Waals surface area contributed by atoms with Crippen LogP contribution in [0.2, 0.25) is 0 Å². The maximum Gasteiger partial charge on any atom is 0.163 e. The van der Waals surface area contributed by atoms with E-state index in [-0.39, 0.29) is 17.6 Å². The second-order valence-corrected chi connectivity index (χ2v) is 6.78. The van der Waals surface area contributed by atoms with E-state index in [0.29, 0.717) is 29.2 Å². The molecule has 0 unspecified atom stereocenters. The van der Waals surface area contributed by atoms with Crippen LogP contribution in [0.4, 0.5) is 8.78 Å². The Morgan fingerprint density at radius 3 is 2.69 bits per heavy atom. The standard InChI is InChI=1S/C20H19F2N3O/c1-11-3-5-16-18(15-6-4-14(21)10-17(15)22)24-19(25-20(16)23-11)13-7-8-26-12(2)9-13/h3-6,10,12-13H,7-9H2,1-2H3/t12-,13+/m1/s1. The molecular formula is C20H19F2N3O. The molecule has 0 N–H and O–H groups in total. The first-order chi connectivity index (χ1) is 12.5. The van der Waals surface area contributed by atoms with Gasteiger partial charge in [-0.1, -0.05) is 0 Å². The van der Waals surface area contributed by atoms with Crippen LogP contribution in [0.1, 0.15) is 37.2 Å². The first-order valence-corrected chi connectivity index (χ1v) is 8.73. The van der Waals surface area contributed by atoms with Crippen molar-refractivity contribution in [3.8, 4) is 11.3 Å². The summed E-state index contributed by atoms with van der Waals surface area (Å²) < 4.78 is 33.4. The second kappa shape index (κ2) is 6.68. The molecular weight excluding hydrogens is 336 g/mol. The molecule has 2 aromatic heterocycles. The molecule has 3 aromatic rings. The maximum atomic E-state index is 14.4. The molecule has 4 rings (SSSR count). The topological polar surface area (TPSA) is 47.9 Å². The van der Waals surface area contributed by atoms with Crippen molar-refractivity contribution in [1.82, 2.24) is 15.0 Å². The lowest BCUT2D eigenvalue weighted by atomic mass is 9.95. The Morgan fingerprint density at radius 2 is 1.92 bits per heavy atom. The normalized spacial score (nSPS) is 20.5. The summed E-state index contributed by atoms with van der Waals surface area (Å²) in [5.74, 6) is -0.480. The molecule has 1 aromatic carbocycles. The van der Waals surface area contributed by atoms with Crippen molar-refractivity contribution < 1.29 is 13.5 Å². The summed E-state index contributed by atoms with van der Waals surface area (Å²) >= 11 is 0. The fourth-order valence-electron chi connectivity index (χ4n) is 3.42. The first-order valence-electron chi connectivity index (χ1n) is 8.73. The summed E-state index contributed by atoms with van der Waals surface area (Å²) in [5, 5.41) is 0.657. The predicted octanol–water partition coefficient (Wildman–Crippen LogP) is 4.56. The quantitative estimate of drug-likeness (QED) is 0.676. The molecule has 1 aliphatic heterocycles. The van der Waals surface area contributed by atoms with Crippen LogP contribution < -0.4 is 0 Å². The van der Waals surface area contributed by atoms with Crippen molar-refractivity contribution in [3.05, 3.63) is 53.5 Å². The van der Waals surface area contributed by atoms with Gasteiger partial charge in [0.25, 0.3) is 0 Å². The van der Waals surface area contributed by atoms with E-state index in [9.17, 15) is 8.78 Å². The van der Waals surface area contributed by atoms with Crippen LogP contribution in [0.5, 0.6) is 0 Å². The van der Waals surface area contributed by atoms with E-state index in [2.05, 4.69) is 15.0 Å². The molecule has 0 radical (unpaired) electrons. The van der Waals surface area contributed by atoms with E-state index in [1.807, 2.05) is 26.0 Å². The zero-order valence-electron chi connectivity index (χ0n) is 14.7. The van der Waals surface area contributed by atoms with Crippen LogP contribution in [-0.2, 0) is 4.74 Å². The minimum Gasteiger partial charge on any atom is -0.378 e. The zero-order chi connectivity index (χ0) is 18.3. The molecule has 4 nitrogen and oxygen atoms in total. The third-order valence-corrected chi connectivity index (χ3v) is 4.75. The van der Waals surface area contributed by atoms with Gasteiger partial charge in [0.05, 0.1) is 11.8 Å². The number of fused-ring (bicyclic) bond motifs is 1. The number of pyridine rings is 1. The Balaban J connectivity index is 1.92. The molecule has 6 heteroatoms. The van der Waals surface area contributed by atoms with Gasteiger partial charge in [-0.2, -0.15) is 0 Å². The second-order valence-electron chi connectivity index (χ2n) is 6.78. The lowest BCUT2D eigenvalue weighted by Gasteiger charge is -2.26. The summed E-state index contributed by atoms with van der Waals surface area (Å²) in [4.78, 5) is 13.8. The first kappa shape index (κ1) is 17.0. The van der Waals surface area contributed by atoms with E-state index in [1.165, 1.54) is 12.1 Å². The molecule has 0 spiro atoms. The molecule has 0 bridgehead atoms. The van der Waals surface area contributed by atoms with Gasteiger partial charge in [-0.25, -0.2) is 23.7 Å². The minimum atomic E-state index is -0.642. The molecule has 26 heavy (non-hydrogen) atoms. The SMILES string of the molecule is Cc1ccc2c(-c3ccc(F)cc3F)nc([C@H]3CCO[C@H](C)C3)nc2n1. The monoisotopic (exact) mass is 355 g/mol. The summed E-state index contributed by atoms with van der Waals surface area (Å²) in [5.41, 5.74) is 2.07. The van der Waals surface area contributed by atoms with Gasteiger partial charge in [-0.3, -0.25) is 0 Å². The number of rotatable bonds is 2. The maximum absolute atomic E-state index is 14.4. The third-order valence-electron chi connectivity index (χ3n) is 4.75. The molecule has 0 aliphatic carbocycles. The molecule has 1 aliphatic rings. The molecule has 134 valence electrons. The van der Waals surface area contributed by atoms with Crippen molar-refractivity contribution in [2.24, 2.45) is 0 Å². The van der Waals surface area contributed by atoms with Crippen LogP contribution in [0, 0.1) is 18.6 Å². The number of ether oxygens (including phenoxy) is 1. The Morgan fingerprint density at radius 1 is 1.08 bits per heavy atom. The average Bonchev–Trinajstić information content (AvgIpc) is 2.60. The molecule has 1 fully saturated rings. The number of nitrogens with zero attached hydrogens (tertiary/aromatic N) is 3. The lowest BCUT2D eigenvalue weighted by Crippen LogP contribution is -2.23. The van der Waals surface area contributed by atoms with Gasteiger partial charge in [-0.05, 0) is 51.0 Å². The Hall–Kier alpha value is -2.47. The lowest BCUT2D eigenvalue weighted by molar-refractivity contribution is 0.0173. The summed E-state index contributed by atoms with van der Waals surface area (Å²) in [7, 11) is 0. The fraction of sp³-hybridized carbons (Fsp3) is 0.350. The smallest absolute Gasteiger partial charge is 0.163 e. The molecule has 3 heterocycles. The van der Waals surface area contributed by atoms with Crippen LogP contribution in [0.3, 0.4) is 0 Å². The molecule has 0 amide bonds. The van der Waals surface area contributed by atoms with Crippen LogP contribution in [0.15, 0.2) is 30.3 Å². The fourth-order valence-corrected chi connectivity index (χ4v) is 3.42. The predicted molar refractivity (Wildman–Crippen MR) is 94.8 cm³/mol. The Labute approximate surface area is 150 Å². The van der Waals surface area contributed by atoms with Gasteiger partial charge in [0.2, 0.25) is 0 Å². The Kier molecular flexibility index (Phi) is 4.36. The van der Waals surface area contributed by atoms with Gasteiger partial charge in [-0.15, -0.1) is 0 Å². The van der Waals surface area contributed by atoms with Crippen molar-refractivity contribution >= 4 is 11.0 Å². The van der Waals surface area contributed by atoms with Crippen molar-refractivity contribution in [1.29, 1.82) is 0 Å². The van der Waals surface area contributed by atoms with Crippen LogP contribution in [0.25, 0.3) is 22.3 Å². The highest BCUT2D eigenvalue weighted by Crippen LogP contribution is 2.33. The average molecular weight is 355 g/mol. The third kappa shape index (κ3) is 3.17. The number of hydrogen-bond acceptors (Lipinski definition) is 4. The van der Waals surface area contributed by atoms with Crippen LogP contribution >= 0.6 is 0 Å². The Bertz CT molecular complexity index is 977. The highest BCUT2D eigenvalue weighted by atomic mass is 19.1. The van der Waals surface area contributed by atoms with E-state index in [0.717, 1.165) is 24.6 Å². The summed E-state index contributed by atoms with van der Waals surface area (Å²) in [6, 6.07) is 7.22. The van der Waals surface area contributed by atoms with Crippen molar-refractivity contribution in [3.63, 3.8) is 0 Å². The van der Waals surface area contributed by atoms with Crippen molar-refractivity contribution in [2.75, 3.05) is 6.61 Å². The zero-order valence-corrected chi connectivity index (χ0v) is 14.7. The number of benzene rings is 1.